The summed E-state index contributed by atoms with van der Waals surface area (Å²) in [5, 5.41) is 1.28. The molecule has 1 aromatic heterocycles. The van der Waals surface area contributed by atoms with Gasteiger partial charge in [0.05, 0.1) is 6.04 Å². The van der Waals surface area contributed by atoms with Crippen molar-refractivity contribution in [2.75, 3.05) is 19.3 Å². The average molecular weight is 277 g/mol. The number of rotatable bonds is 1. The predicted molar refractivity (Wildman–Crippen MR) is 87.3 cm³/mol. The average Bonchev–Trinajstić information content (AvgIpc) is 2.85. The molecule has 3 N–H and O–H groups in total. The Morgan fingerprint density at radius 1 is 1.14 bits per heavy atom. The number of hydrogen-bond acceptors (Lipinski definition) is 2. The number of nitrogens with two attached hydrogens (primary N) is 1. The summed E-state index contributed by atoms with van der Waals surface area (Å²) in [5.41, 5.74) is 12.1. The van der Waals surface area contributed by atoms with Crippen LogP contribution in [0.2, 0.25) is 0 Å². The Morgan fingerprint density at radius 3 is 2.76 bits per heavy atom. The predicted octanol–water partition coefficient (Wildman–Crippen LogP) is 3.33. The topological polar surface area (TPSA) is 45.0 Å². The second kappa shape index (κ2) is 4.64. The van der Waals surface area contributed by atoms with E-state index in [2.05, 4.69) is 59.4 Å². The molecule has 3 heteroatoms. The molecule has 106 valence electrons. The lowest BCUT2D eigenvalue weighted by Gasteiger charge is -2.33. The van der Waals surface area contributed by atoms with Gasteiger partial charge in [-0.25, -0.2) is 0 Å². The molecule has 0 aliphatic carbocycles. The van der Waals surface area contributed by atoms with Gasteiger partial charge in [-0.05, 0) is 42.8 Å². The fourth-order valence-corrected chi connectivity index (χ4v) is 3.48. The van der Waals surface area contributed by atoms with Crippen LogP contribution < -0.4 is 5.73 Å². The van der Waals surface area contributed by atoms with E-state index < -0.39 is 0 Å². The number of likely N-dealkylation sites (N-methyl/N-ethyl adjacent to an activating group) is 1. The van der Waals surface area contributed by atoms with Gasteiger partial charge in [0.1, 0.15) is 0 Å². The van der Waals surface area contributed by atoms with Crippen molar-refractivity contribution in [2.45, 2.75) is 12.5 Å². The van der Waals surface area contributed by atoms with Crippen molar-refractivity contribution in [2.24, 2.45) is 0 Å². The van der Waals surface area contributed by atoms with E-state index in [1.54, 1.807) is 0 Å². The van der Waals surface area contributed by atoms with Crippen LogP contribution in [0.4, 0.5) is 5.69 Å². The van der Waals surface area contributed by atoms with Gasteiger partial charge in [-0.3, -0.25) is 4.90 Å². The minimum atomic E-state index is 0.295. The van der Waals surface area contributed by atoms with Crippen molar-refractivity contribution in [3.8, 4) is 0 Å². The van der Waals surface area contributed by atoms with Crippen molar-refractivity contribution in [1.82, 2.24) is 9.88 Å². The number of aromatic amines is 1. The van der Waals surface area contributed by atoms with Crippen LogP contribution in [0.25, 0.3) is 10.9 Å². The van der Waals surface area contributed by atoms with E-state index >= 15 is 0 Å². The lowest BCUT2D eigenvalue weighted by molar-refractivity contribution is 0.261. The maximum Gasteiger partial charge on any atom is 0.0754 e. The second-order valence-corrected chi connectivity index (χ2v) is 5.87. The lowest BCUT2D eigenvalue weighted by Crippen LogP contribution is -2.32. The molecule has 3 aromatic rings. The van der Waals surface area contributed by atoms with E-state index in [1.165, 1.54) is 27.7 Å². The smallest absolute Gasteiger partial charge is 0.0754 e. The molecule has 1 atom stereocenters. The van der Waals surface area contributed by atoms with Crippen LogP contribution in [0.1, 0.15) is 22.9 Å². The number of benzene rings is 2. The summed E-state index contributed by atoms with van der Waals surface area (Å²) < 4.78 is 0. The minimum absolute atomic E-state index is 0.295. The molecule has 2 heterocycles. The zero-order chi connectivity index (χ0) is 14.4. The molecular formula is C18H19N3. The molecule has 0 saturated carbocycles. The van der Waals surface area contributed by atoms with Crippen LogP contribution >= 0.6 is 0 Å². The first kappa shape index (κ1) is 12.5. The first-order chi connectivity index (χ1) is 10.2. The monoisotopic (exact) mass is 277 g/mol. The Kier molecular flexibility index (Phi) is 2.76. The third-order valence-electron chi connectivity index (χ3n) is 4.51. The maximum absolute atomic E-state index is 5.96. The second-order valence-electron chi connectivity index (χ2n) is 5.87. The molecule has 0 spiro atoms. The Labute approximate surface area is 124 Å². The molecule has 0 amide bonds. The number of nitrogens with one attached hydrogen (secondary N) is 1. The van der Waals surface area contributed by atoms with E-state index in [9.17, 15) is 0 Å². The summed E-state index contributed by atoms with van der Waals surface area (Å²) in [4.78, 5) is 6.04. The summed E-state index contributed by atoms with van der Waals surface area (Å²) in [5.74, 6) is 0. The highest BCUT2D eigenvalue weighted by Crippen LogP contribution is 2.37. The number of hydrogen-bond donors (Lipinski definition) is 2. The van der Waals surface area contributed by atoms with E-state index in [4.69, 9.17) is 5.73 Å². The largest absolute Gasteiger partial charge is 0.399 e. The summed E-state index contributed by atoms with van der Waals surface area (Å²) in [6, 6.07) is 17.1. The molecule has 0 saturated heterocycles. The van der Waals surface area contributed by atoms with E-state index in [0.29, 0.717) is 6.04 Å². The lowest BCUT2D eigenvalue weighted by atomic mass is 9.93. The van der Waals surface area contributed by atoms with Gasteiger partial charge < -0.3 is 10.7 Å². The standard InChI is InChI=1S/C18H19N3/c1-21-10-9-14-15-11-13(19)7-8-16(15)20-17(14)18(21)12-5-3-2-4-6-12/h2-8,11,18,20H,9-10,19H2,1H3. The van der Waals surface area contributed by atoms with Crippen LogP contribution in [-0.4, -0.2) is 23.5 Å². The Hall–Kier alpha value is -2.26. The first-order valence-electron chi connectivity index (χ1n) is 7.39. The van der Waals surface area contributed by atoms with Gasteiger partial charge >= 0.3 is 0 Å². The minimum Gasteiger partial charge on any atom is -0.399 e. The number of nitrogen functional groups attached to an aromatic ring is 1. The quantitative estimate of drug-likeness (QED) is 0.670. The highest BCUT2D eigenvalue weighted by molar-refractivity contribution is 5.88. The van der Waals surface area contributed by atoms with Crippen molar-refractivity contribution < 1.29 is 0 Å². The van der Waals surface area contributed by atoms with E-state index in [-0.39, 0.29) is 0 Å². The number of anilines is 1. The third kappa shape index (κ3) is 1.93. The molecule has 21 heavy (non-hydrogen) atoms. The number of aromatic nitrogens is 1. The first-order valence-corrected chi connectivity index (χ1v) is 7.39. The van der Waals surface area contributed by atoms with Gasteiger partial charge in [0.2, 0.25) is 0 Å². The summed E-state index contributed by atoms with van der Waals surface area (Å²) in [6.45, 7) is 1.06. The maximum atomic E-state index is 5.96. The van der Waals surface area contributed by atoms with Crippen LogP contribution in [0, 0.1) is 0 Å². The van der Waals surface area contributed by atoms with Gasteiger partial charge in [0.25, 0.3) is 0 Å². The zero-order valence-corrected chi connectivity index (χ0v) is 12.1. The molecule has 0 fully saturated rings. The molecule has 2 aromatic carbocycles. The van der Waals surface area contributed by atoms with Gasteiger partial charge in [-0.15, -0.1) is 0 Å². The number of fused-ring (bicyclic) bond motifs is 3. The molecule has 0 bridgehead atoms. The highest BCUT2D eigenvalue weighted by Gasteiger charge is 2.29. The Bertz CT molecular complexity index is 789. The summed E-state index contributed by atoms with van der Waals surface area (Å²) in [6.07, 6.45) is 1.07. The molecule has 0 radical (unpaired) electrons. The van der Waals surface area contributed by atoms with Crippen LogP contribution in [-0.2, 0) is 6.42 Å². The van der Waals surface area contributed by atoms with Crippen LogP contribution in [0.15, 0.2) is 48.5 Å². The molecule has 3 nitrogen and oxygen atoms in total. The van der Waals surface area contributed by atoms with Crippen molar-refractivity contribution in [1.29, 1.82) is 0 Å². The summed E-state index contributed by atoms with van der Waals surface area (Å²) in [7, 11) is 2.19. The van der Waals surface area contributed by atoms with E-state index in [0.717, 1.165) is 18.7 Å². The van der Waals surface area contributed by atoms with Crippen LogP contribution in [0.3, 0.4) is 0 Å². The Balaban J connectivity index is 1.94. The third-order valence-corrected chi connectivity index (χ3v) is 4.51. The molecular weight excluding hydrogens is 258 g/mol. The highest BCUT2D eigenvalue weighted by atomic mass is 15.1. The van der Waals surface area contributed by atoms with Gasteiger partial charge in [0, 0.05) is 28.8 Å². The van der Waals surface area contributed by atoms with Crippen molar-refractivity contribution in [3.63, 3.8) is 0 Å². The fourth-order valence-electron chi connectivity index (χ4n) is 3.48. The number of H-pyrrole nitrogens is 1. The fraction of sp³-hybridized carbons (Fsp3) is 0.222. The van der Waals surface area contributed by atoms with Crippen LogP contribution in [0.5, 0.6) is 0 Å². The van der Waals surface area contributed by atoms with Gasteiger partial charge in [-0.1, -0.05) is 30.3 Å². The van der Waals surface area contributed by atoms with Gasteiger partial charge in [0.15, 0.2) is 0 Å². The molecule has 4 rings (SSSR count). The van der Waals surface area contributed by atoms with Crippen molar-refractivity contribution >= 4 is 16.6 Å². The Morgan fingerprint density at radius 2 is 1.95 bits per heavy atom. The van der Waals surface area contributed by atoms with Gasteiger partial charge in [-0.2, -0.15) is 0 Å². The number of nitrogens with zero attached hydrogens (tertiary/aromatic N) is 1. The SMILES string of the molecule is CN1CCc2c([nH]c3ccc(N)cc23)C1c1ccccc1. The summed E-state index contributed by atoms with van der Waals surface area (Å²) >= 11 is 0. The molecule has 1 aliphatic rings. The molecule has 1 unspecified atom stereocenters. The van der Waals surface area contributed by atoms with E-state index in [1.807, 2.05) is 6.07 Å². The van der Waals surface area contributed by atoms with Crippen molar-refractivity contribution in [3.05, 3.63) is 65.4 Å². The zero-order valence-electron chi connectivity index (χ0n) is 12.1. The molecule has 1 aliphatic heterocycles. The normalized spacial score (nSPS) is 18.8.